The third-order valence-electron chi connectivity index (χ3n) is 2.20. The molecule has 0 aliphatic rings. The van der Waals surface area contributed by atoms with E-state index in [0.717, 1.165) is 24.3 Å². The lowest BCUT2D eigenvalue weighted by atomic mass is 10.2. The van der Waals surface area contributed by atoms with E-state index in [-0.39, 0.29) is 5.75 Å². The molecule has 0 aliphatic heterocycles. The van der Waals surface area contributed by atoms with Crippen LogP contribution in [0.3, 0.4) is 0 Å². The Kier molecular flexibility index (Phi) is 6.55. The fraction of sp³-hybridized carbons (Fsp3) is 0.462. The van der Waals surface area contributed by atoms with Crippen molar-refractivity contribution in [3.63, 3.8) is 0 Å². The maximum atomic E-state index is 10.3. The van der Waals surface area contributed by atoms with Gasteiger partial charge in [-0.15, -0.1) is 0 Å². The molecule has 0 saturated carbocycles. The van der Waals surface area contributed by atoms with Gasteiger partial charge in [0, 0.05) is 0 Å². The molecule has 0 spiro atoms. The summed E-state index contributed by atoms with van der Waals surface area (Å²) >= 11 is 1.45. The Balaban J connectivity index is 2.01. The minimum atomic E-state index is -0.745. The predicted octanol–water partition coefficient (Wildman–Crippen LogP) is 2.97. The molecule has 0 heterocycles. The highest BCUT2D eigenvalue weighted by molar-refractivity contribution is 7.99. The predicted molar refractivity (Wildman–Crippen MR) is 70.9 cm³/mol. The van der Waals surface area contributed by atoms with Gasteiger partial charge >= 0.3 is 5.97 Å². The summed E-state index contributed by atoms with van der Waals surface area (Å²) in [5, 5.41) is 8.44. The Morgan fingerprint density at radius 2 is 2.00 bits per heavy atom. The molecular weight excluding hydrogens is 236 g/mol. The number of benzene rings is 1. The molecule has 94 valence electrons. The van der Waals surface area contributed by atoms with E-state index in [1.165, 1.54) is 17.3 Å². The molecule has 0 amide bonds. The van der Waals surface area contributed by atoms with E-state index in [1.54, 1.807) is 0 Å². The number of aryl methyl sites for hydroxylation is 1. The Bertz CT molecular complexity index is 335. The van der Waals surface area contributed by atoms with Crippen molar-refractivity contribution in [2.24, 2.45) is 0 Å². The number of thioether (sulfide) groups is 1. The zero-order valence-electron chi connectivity index (χ0n) is 10.0. The SMILES string of the molecule is Cc1ccc(OCCCCSCC(=O)O)cc1. The second-order valence-electron chi connectivity index (χ2n) is 3.81. The van der Waals surface area contributed by atoms with Crippen molar-refractivity contribution in [1.29, 1.82) is 0 Å². The quantitative estimate of drug-likeness (QED) is 0.724. The van der Waals surface area contributed by atoms with Crippen molar-refractivity contribution in [2.75, 3.05) is 18.1 Å². The lowest BCUT2D eigenvalue weighted by molar-refractivity contribution is -0.133. The number of hydrogen-bond acceptors (Lipinski definition) is 3. The molecule has 17 heavy (non-hydrogen) atoms. The molecule has 0 fully saturated rings. The van der Waals surface area contributed by atoms with E-state index >= 15 is 0 Å². The van der Waals surface area contributed by atoms with Crippen LogP contribution in [0.25, 0.3) is 0 Å². The minimum absolute atomic E-state index is 0.193. The van der Waals surface area contributed by atoms with Gasteiger partial charge in [0.15, 0.2) is 0 Å². The Hall–Kier alpha value is -1.16. The van der Waals surface area contributed by atoms with E-state index in [0.29, 0.717) is 6.61 Å². The molecule has 1 N–H and O–H groups in total. The largest absolute Gasteiger partial charge is 0.494 e. The highest BCUT2D eigenvalue weighted by atomic mass is 32.2. The molecule has 0 radical (unpaired) electrons. The maximum absolute atomic E-state index is 10.3. The maximum Gasteiger partial charge on any atom is 0.313 e. The van der Waals surface area contributed by atoms with E-state index < -0.39 is 5.97 Å². The Morgan fingerprint density at radius 1 is 1.29 bits per heavy atom. The number of unbranched alkanes of at least 4 members (excludes halogenated alkanes) is 1. The normalized spacial score (nSPS) is 10.2. The summed E-state index contributed by atoms with van der Waals surface area (Å²) in [6.45, 7) is 2.74. The zero-order chi connectivity index (χ0) is 12.5. The molecule has 0 aromatic heterocycles. The molecule has 0 unspecified atom stereocenters. The smallest absolute Gasteiger partial charge is 0.313 e. The average molecular weight is 254 g/mol. The first-order chi connectivity index (χ1) is 8.18. The van der Waals surface area contributed by atoms with Crippen LogP contribution in [0.4, 0.5) is 0 Å². The van der Waals surface area contributed by atoms with Crippen molar-refractivity contribution in [3.8, 4) is 5.75 Å². The molecular formula is C13H18O3S. The molecule has 0 bridgehead atoms. The first-order valence-corrected chi connectivity index (χ1v) is 6.83. The highest BCUT2D eigenvalue weighted by Gasteiger charge is 1.97. The van der Waals surface area contributed by atoms with Crippen LogP contribution in [0.15, 0.2) is 24.3 Å². The van der Waals surface area contributed by atoms with Gasteiger partial charge in [-0.05, 0) is 37.7 Å². The third kappa shape index (κ3) is 6.89. The molecule has 4 heteroatoms. The number of hydrogen-bond donors (Lipinski definition) is 1. The van der Waals surface area contributed by atoms with Crippen LogP contribution in [0, 0.1) is 6.92 Å². The lowest BCUT2D eigenvalue weighted by Crippen LogP contribution is -2.01. The molecule has 0 saturated heterocycles. The Labute approximate surface area is 106 Å². The van der Waals surface area contributed by atoms with Crippen LogP contribution < -0.4 is 4.74 Å². The van der Waals surface area contributed by atoms with Crippen LogP contribution in [0.5, 0.6) is 5.75 Å². The lowest BCUT2D eigenvalue weighted by Gasteiger charge is -2.05. The van der Waals surface area contributed by atoms with Gasteiger partial charge in [-0.2, -0.15) is 11.8 Å². The van der Waals surface area contributed by atoms with Gasteiger partial charge in [0.05, 0.1) is 12.4 Å². The van der Waals surface area contributed by atoms with Gasteiger partial charge in [0.1, 0.15) is 5.75 Å². The molecule has 0 aliphatic carbocycles. The second kappa shape index (κ2) is 8.01. The van der Waals surface area contributed by atoms with Crippen molar-refractivity contribution >= 4 is 17.7 Å². The number of ether oxygens (including phenoxy) is 1. The third-order valence-corrected chi connectivity index (χ3v) is 3.23. The molecule has 1 rings (SSSR count). The summed E-state index contributed by atoms with van der Waals surface area (Å²) < 4.78 is 5.56. The van der Waals surface area contributed by atoms with Crippen molar-refractivity contribution in [3.05, 3.63) is 29.8 Å². The highest BCUT2D eigenvalue weighted by Crippen LogP contribution is 2.12. The van der Waals surface area contributed by atoms with Crippen LogP contribution >= 0.6 is 11.8 Å². The molecule has 0 atom stereocenters. The van der Waals surface area contributed by atoms with Gasteiger partial charge in [-0.25, -0.2) is 0 Å². The van der Waals surface area contributed by atoms with Crippen molar-refractivity contribution < 1.29 is 14.6 Å². The Morgan fingerprint density at radius 3 is 2.65 bits per heavy atom. The van der Waals surface area contributed by atoms with Crippen molar-refractivity contribution in [1.82, 2.24) is 0 Å². The first kappa shape index (κ1) is 13.9. The standard InChI is InChI=1S/C13H18O3S/c1-11-4-6-12(7-5-11)16-8-2-3-9-17-10-13(14)15/h4-7H,2-3,8-10H2,1H3,(H,14,15). The van der Waals surface area contributed by atoms with Gasteiger partial charge in [-0.1, -0.05) is 17.7 Å². The van der Waals surface area contributed by atoms with Gasteiger partial charge in [0.25, 0.3) is 0 Å². The van der Waals surface area contributed by atoms with E-state index in [9.17, 15) is 4.79 Å². The second-order valence-corrected chi connectivity index (χ2v) is 4.92. The molecule has 3 nitrogen and oxygen atoms in total. The fourth-order valence-electron chi connectivity index (χ4n) is 1.29. The zero-order valence-corrected chi connectivity index (χ0v) is 10.8. The summed E-state index contributed by atoms with van der Waals surface area (Å²) in [6.07, 6.45) is 1.95. The van der Waals surface area contributed by atoms with Crippen LogP contribution in [-0.2, 0) is 4.79 Å². The summed E-state index contributed by atoms with van der Waals surface area (Å²) in [6, 6.07) is 7.99. The summed E-state index contributed by atoms with van der Waals surface area (Å²) in [4.78, 5) is 10.3. The number of carboxylic acids is 1. The number of carboxylic acid groups (broad SMARTS) is 1. The van der Waals surface area contributed by atoms with E-state index in [2.05, 4.69) is 0 Å². The van der Waals surface area contributed by atoms with Gasteiger partial charge < -0.3 is 9.84 Å². The summed E-state index contributed by atoms with van der Waals surface area (Å²) in [5.74, 6) is 1.22. The number of aliphatic carboxylic acids is 1. The number of rotatable bonds is 8. The fourth-order valence-corrected chi connectivity index (χ4v) is 2.02. The van der Waals surface area contributed by atoms with Crippen LogP contribution in [0.2, 0.25) is 0 Å². The average Bonchev–Trinajstić information content (AvgIpc) is 2.30. The van der Waals surface area contributed by atoms with Gasteiger partial charge in [0.2, 0.25) is 0 Å². The first-order valence-electron chi connectivity index (χ1n) is 5.67. The molecule has 1 aromatic rings. The van der Waals surface area contributed by atoms with E-state index in [4.69, 9.17) is 9.84 Å². The number of carbonyl (C=O) groups is 1. The minimum Gasteiger partial charge on any atom is -0.494 e. The van der Waals surface area contributed by atoms with Crippen LogP contribution in [-0.4, -0.2) is 29.2 Å². The monoisotopic (exact) mass is 254 g/mol. The topological polar surface area (TPSA) is 46.5 Å². The van der Waals surface area contributed by atoms with Crippen molar-refractivity contribution in [2.45, 2.75) is 19.8 Å². The summed E-state index contributed by atoms with van der Waals surface area (Å²) in [7, 11) is 0. The summed E-state index contributed by atoms with van der Waals surface area (Å²) in [5.41, 5.74) is 1.22. The van der Waals surface area contributed by atoms with E-state index in [1.807, 2.05) is 31.2 Å². The molecule has 1 aromatic carbocycles. The van der Waals surface area contributed by atoms with Gasteiger partial charge in [-0.3, -0.25) is 4.79 Å². The van der Waals surface area contributed by atoms with Crippen LogP contribution in [0.1, 0.15) is 18.4 Å².